The topological polar surface area (TPSA) is 47.3 Å². The first-order valence-electron chi connectivity index (χ1n) is 3.63. The van der Waals surface area contributed by atoms with Crippen LogP contribution in [0.4, 0.5) is 11.4 Å². The summed E-state index contributed by atoms with van der Waals surface area (Å²) >= 11 is 0. The fourth-order valence-electron chi connectivity index (χ4n) is 1.19. The van der Waals surface area contributed by atoms with Gasteiger partial charge in [0.1, 0.15) is 6.61 Å². The Morgan fingerprint density at radius 2 is 2.36 bits per heavy atom. The third-order valence-electron chi connectivity index (χ3n) is 1.71. The summed E-state index contributed by atoms with van der Waals surface area (Å²) in [5.74, 6) is 0.791. The van der Waals surface area contributed by atoms with Gasteiger partial charge in [0, 0.05) is 6.54 Å². The molecule has 0 spiro atoms. The standard InChI is InChI=1S/C8H10N2O/c9-6-2-1-3-7-8(6)11-5-4-10-7/h1-3,10H,4-5,9H2. The van der Waals surface area contributed by atoms with Crippen molar-refractivity contribution < 1.29 is 4.74 Å². The van der Waals surface area contributed by atoms with Gasteiger partial charge in [0.05, 0.1) is 11.4 Å². The summed E-state index contributed by atoms with van der Waals surface area (Å²) in [7, 11) is 0. The Balaban J connectivity index is 2.49. The highest BCUT2D eigenvalue weighted by Crippen LogP contribution is 2.32. The average molecular weight is 150 g/mol. The van der Waals surface area contributed by atoms with Gasteiger partial charge in [0.25, 0.3) is 0 Å². The monoisotopic (exact) mass is 150 g/mol. The van der Waals surface area contributed by atoms with Crippen molar-refractivity contribution in [2.45, 2.75) is 0 Å². The molecule has 1 heterocycles. The minimum Gasteiger partial charge on any atom is -0.487 e. The molecule has 1 aliphatic heterocycles. The number of nitrogens with two attached hydrogens (primary N) is 1. The smallest absolute Gasteiger partial charge is 0.165 e. The summed E-state index contributed by atoms with van der Waals surface area (Å²) in [6.07, 6.45) is 0. The van der Waals surface area contributed by atoms with Gasteiger partial charge in [-0.15, -0.1) is 0 Å². The second-order valence-electron chi connectivity index (χ2n) is 2.50. The molecule has 3 N–H and O–H groups in total. The number of hydrogen-bond donors (Lipinski definition) is 2. The van der Waals surface area contributed by atoms with E-state index in [1.807, 2.05) is 18.2 Å². The number of benzene rings is 1. The molecule has 0 aromatic heterocycles. The predicted molar refractivity (Wildman–Crippen MR) is 44.8 cm³/mol. The molecule has 11 heavy (non-hydrogen) atoms. The van der Waals surface area contributed by atoms with Crippen molar-refractivity contribution in [3.05, 3.63) is 18.2 Å². The molecule has 0 saturated heterocycles. The van der Waals surface area contributed by atoms with Crippen LogP contribution in [0, 0.1) is 0 Å². The third-order valence-corrected chi connectivity index (χ3v) is 1.71. The van der Waals surface area contributed by atoms with E-state index in [9.17, 15) is 0 Å². The van der Waals surface area contributed by atoms with E-state index in [1.54, 1.807) is 0 Å². The highest BCUT2D eigenvalue weighted by Gasteiger charge is 2.10. The van der Waals surface area contributed by atoms with Crippen LogP contribution in [0.2, 0.25) is 0 Å². The van der Waals surface area contributed by atoms with Crippen molar-refractivity contribution in [1.29, 1.82) is 0 Å². The normalized spacial score (nSPS) is 14.5. The molecule has 1 aromatic carbocycles. The Bertz CT molecular complexity index is 273. The molecule has 0 aliphatic carbocycles. The largest absolute Gasteiger partial charge is 0.487 e. The van der Waals surface area contributed by atoms with Crippen molar-refractivity contribution in [1.82, 2.24) is 0 Å². The van der Waals surface area contributed by atoms with Crippen molar-refractivity contribution in [2.75, 3.05) is 24.2 Å². The van der Waals surface area contributed by atoms with Gasteiger partial charge in [0.15, 0.2) is 5.75 Å². The first-order valence-corrected chi connectivity index (χ1v) is 3.63. The number of nitrogens with one attached hydrogen (secondary N) is 1. The molecule has 3 heteroatoms. The van der Waals surface area contributed by atoms with Crippen molar-refractivity contribution in [2.24, 2.45) is 0 Å². The van der Waals surface area contributed by atoms with Gasteiger partial charge in [0.2, 0.25) is 0 Å². The van der Waals surface area contributed by atoms with E-state index < -0.39 is 0 Å². The van der Waals surface area contributed by atoms with E-state index in [0.717, 1.165) is 18.0 Å². The molecule has 2 rings (SSSR count). The maximum Gasteiger partial charge on any atom is 0.165 e. The van der Waals surface area contributed by atoms with Crippen LogP contribution in [-0.4, -0.2) is 13.2 Å². The number of fused-ring (bicyclic) bond motifs is 1. The van der Waals surface area contributed by atoms with Crippen LogP contribution < -0.4 is 15.8 Å². The molecule has 0 unspecified atom stereocenters. The lowest BCUT2D eigenvalue weighted by molar-refractivity contribution is 0.325. The Hall–Kier alpha value is -1.38. The molecule has 0 bridgehead atoms. The molecular weight excluding hydrogens is 140 g/mol. The molecule has 1 aliphatic rings. The van der Waals surface area contributed by atoms with Crippen LogP contribution in [-0.2, 0) is 0 Å². The summed E-state index contributed by atoms with van der Waals surface area (Å²) in [5.41, 5.74) is 7.38. The minimum absolute atomic E-state index is 0.696. The first kappa shape index (κ1) is 6.34. The molecule has 3 nitrogen and oxygen atoms in total. The van der Waals surface area contributed by atoms with E-state index in [-0.39, 0.29) is 0 Å². The summed E-state index contributed by atoms with van der Waals surface area (Å²) in [6, 6.07) is 5.71. The third kappa shape index (κ3) is 0.981. The Morgan fingerprint density at radius 1 is 1.45 bits per heavy atom. The van der Waals surface area contributed by atoms with Gasteiger partial charge in [-0.05, 0) is 12.1 Å². The molecule has 0 radical (unpaired) electrons. The highest BCUT2D eigenvalue weighted by atomic mass is 16.5. The highest BCUT2D eigenvalue weighted by molar-refractivity contribution is 5.69. The zero-order valence-electron chi connectivity index (χ0n) is 6.13. The van der Waals surface area contributed by atoms with Crippen LogP contribution in [0.15, 0.2) is 18.2 Å². The van der Waals surface area contributed by atoms with Gasteiger partial charge in [-0.1, -0.05) is 6.07 Å². The van der Waals surface area contributed by atoms with Crippen LogP contribution in [0.5, 0.6) is 5.75 Å². The number of rotatable bonds is 0. The number of anilines is 2. The number of ether oxygens (including phenoxy) is 1. The van der Waals surface area contributed by atoms with Crippen LogP contribution in [0.25, 0.3) is 0 Å². The maximum absolute atomic E-state index is 5.68. The Morgan fingerprint density at radius 3 is 3.18 bits per heavy atom. The van der Waals surface area contributed by atoms with Gasteiger partial charge >= 0.3 is 0 Å². The van der Waals surface area contributed by atoms with Gasteiger partial charge in [-0.25, -0.2) is 0 Å². The average Bonchev–Trinajstić information content (AvgIpc) is 2.06. The van der Waals surface area contributed by atoms with Gasteiger partial charge in [-0.3, -0.25) is 0 Å². The fourth-order valence-corrected chi connectivity index (χ4v) is 1.19. The molecular formula is C8H10N2O. The lowest BCUT2D eigenvalue weighted by Gasteiger charge is -2.19. The molecule has 0 amide bonds. The van der Waals surface area contributed by atoms with Crippen molar-refractivity contribution in [3.63, 3.8) is 0 Å². The fraction of sp³-hybridized carbons (Fsp3) is 0.250. The summed E-state index contributed by atoms with van der Waals surface area (Å²) in [5, 5.41) is 3.20. The van der Waals surface area contributed by atoms with E-state index in [2.05, 4.69) is 5.32 Å². The van der Waals surface area contributed by atoms with Crippen LogP contribution in [0.1, 0.15) is 0 Å². The van der Waals surface area contributed by atoms with E-state index in [4.69, 9.17) is 10.5 Å². The number of nitrogen functional groups attached to an aromatic ring is 1. The van der Waals surface area contributed by atoms with Crippen LogP contribution in [0.3, 0.4) is 0 Å². The summed E-state index contributed by atoms with van der Waals surface area (Å²) < 4.78 is 5.37. The summed E-state index contributed by atoms with van der Waals surface area (Å²) in [4.78, 5) is 0. The Kier molecular flexibility index (Phi) is 1.35. The molecule has 58 valence electrons. The zero-order chi connectivity index (χ0) is 7.68. The number of hydrogen-bond acceptors (Lipinski definition) is 3. The predicted octanol–water partition coefficient (Wildman–Crippen LogP) is 1.07. The zero-order valence-corrected chi connectivity index (χ0v) is 6.13. The van der Waals surface area contributed by atoms with Crippen molar-refractivity contribution in [3.8, 4) is 5.75 Å². The molecule has 0 fully saturated rings. The van der Waals surface area contributed by atoms with Crippen molar-refractivity contribution >= 4 is 11.4 Å². The SMILES string of the molecule is Nc1cccc2c1OCCN2. The van der Waals surface area contributed by atoms with E-state index in [1.165, 1.54) is 0 Å². The first-order chi connectivity index (χ1) is 5.38. The minimum atomic E-state index is 0.696. The van der Waals surface area contributed by atoms with E-state index in [0.29, 0.717) is 12.3 Å². The Labute approximate surface area is 65.2 Å². The maximum atomic E-state index is 5.68. The lowest BCUT2D eigenvalue weighted by Crippen LogP contribution is -2.18. The van der Waals surface area contributed by atoms with E-state index >= 15 is 0 Å². The lowest BCUT2D eigenvalue weighted by atomic mass is 10.2. The second-order valence-corrected chi connectivity index (χ2v) is 2.50. The molecule has 0 saturated carbocycles. The quantitative estimate of drug-likeness (QED) is 0.544. The van der Waals surface area contributed by atoms with Gasteiger partial charge < -0.3 is 15.8 Å². The molecule has 0 atom stereocenters. The number of para-hydroxylation sites is 1. The molecule has 1 aromatic rings. The second kappa shape index (κ2) is 2.34. The van der Waals surface area contributed by atoms with Crippen LogP contribution >= 0.6 is 0 Å². The van der Waals surface area contributed by atoms with Gasteiger partial charge in [-0.2, -0.15) is 0 Å². The summed E-state index contributed by atoms with van der Waals surface area (Å²) in [6.45, 7) is 1.55.